The number of piperidine rings is 1. The van der Waals surface area contributed by atoms with Gasteiger partial charge in [0.1, 0.15) is 0 Å². The third kappa shape index (κ3) is 4.03. The van der Waals surface area contributed by atoms with Gasteiger partial charge < -0.3 is 15.1 Å². The molecule has 1 N–H and O–H groups in total. The molecule has 2 aliphatic heterocycles. The third-order valence-electron chi connectivity index (χ3n) is 9.35. The van der Waals surface area contributed by atoms with Crippen LogP contribution in [-0.2, 0) is 9.59 Å². The summed E-state index contributed by atoms with van der Waals surface area (Å²) in [6.45, 7) is 6.20. The van der Waals surface area contributed by atoms with E-state index in [0.29, 0.717) is 17.9 Å². The number of fused-ring (bicyclic) bond motifs is 1. The van der Waals surface area contributed by atoms with Gasteiger partial charge in [-0.25, -0.2) is 0 Å². The molecule has 2 amide bonds. The smallest absolute Gasteiger partial charge is 0.228 e. The minimum atomic E-state index is -0.0882. The zero-order valence-electron chi connectivity index (χ0n) is 18.9. The molecule has 168 valence electrons. The lowest BCUT2D eigenvalue weighted by atomic mass is 9.65. The molecule has 3 atom stereocenters. The molecule has 5 fully saturated rings. The van der Waals surface area contributed by atoms with E-state index < -0.39 is 0 Å². The summed E-state index contributed by atoms with van der Waals surface area (Å²) in [5.41, 5.74) is -0.0882. The standard InChI is InChI=1S/C25H41N3O2/c1-25(11-12-25)24(30)28-16-14-27(15-17-28)23(29)20-8-6-19(7-9-20)22-21-5-3-2-4-18(21)10-13-26-22/h18-22,26H,2-17H2,1H3. The predicted octanol–water partition coefficient (Wildman–Crippen LogP) is 3.43. The van der Waals surface area contributed by atoms with Crippen molar-refractivity contribution in [3.8, 4) is 0 Å². The minimum Gasteiger partial charge on any atom is -0.339 e. The molecule has 5 rings (SSSR count). The van der Waals surface area contributed by atoms with Crippen LogP contribution in [0, 0.1) is 29.1 Å². The maximum Gasteiger partial charge on any atom is 0.228 e. The Kier molecular flexibility index (Phi) is 5.85. The first-order chi connectivity index (χ1) is 14.5. The van der Waals surface area contributed by atoms with Gasteiger partial charge >= 0.3 is 0 Å². The Morgan fingerprint density at radius 2 is 1.47 bits per heavy atom. The molecule has 30 heavy (non-hydrogen) atoms. The molecular formula is C25H41N3O2. The Hall–Kier alpha value is -1.10. The van der Waals surface area contributed by atoms with Crippen molar-refractivity contribution in [1.29, 1.82) is 0 Å². The van der Waals surface area contributed by atoms with Crippen LogP contribution in [0.3, 0.4) is 0 Å². The van der Waals surface area contributed by atoms with Gasteiger partial charge in [-0.2, -0.15) is 0 Å². The number of hydrogen-bond acceptors (Lipinski definition) is 3. The van der Waals surface area contributed by atoms with Crippen LogP contribution in [-0.4, -0.2) is 60.4 Å². The van der Waals surface area contributed by atoms with E-state index in [1.165, 1.54) is 51.5 Å². The summed E-state index contributed by atoms with van der Waals surface area (Å²) in [4.78, 5) is 29.8. The number of amides is 2. The fourth-order valence-corrected chi connectivity index (χ4v) is 7.07. The first-order valence-corrected chi connectivity index (χ1v) is 12.9. The van der Waals surface area contributed by atoms with E-state index in [2.05, 4.69) is 17.1 Å². The van der Waals surface area contributed by atoms with Crippen molar-refractivity contribution in [2.45, 2.75) is 83.6 Å². The van der Waals surface area contributed by atoms with Crippen molar-refractivity contribution >= 4 is 11.8 Å². The second-order valence-electron chi connectivity index (χ2n) is 11.3. The van der Waals surface area contributed by atoms with Gasteiger partial charge in [-0.05, 0) is 75.7 Å². The highest BCUT2D eigenvalue weighted by molar-refractivity contribution is 5.85. The number of carbonyl (C=O) groups is 2. The van der Waals surface area contributed by atoms with E-state index in [0.717, 1.165) is 69.6 Å². The summed E-state index contributed by atoms with van der Waals surface area (Å²) < 4.78 is 0. The largest absolute Gasteiger partial charge is 0.339 e. The Morgan fingerprint density at radius 1 is 0.800 bits per heavy atom. The van der Waals surface area contributed by atoms with Crippen LogP contribution in [0.1, 0.15) is 77.6 Å². The monoisotopic (exact) mass is 415 g/mol. The van der Waals surface area contributed by atoms with Gasteiger partial charge in [-0.1, -0.05) is 26.2 Å². The number of nitrogens with zero attached hydrogens (tertiary/aromatic N) is 2. The lowest BCUT2D eigenvalue weighted by Gasteiger charge is -2.47. The quantitative estimate of drug-likeness (QED) is 0.768. The van der Waals surface area contributed by atoms with Crippen molar-refractivity contribution in [2.24, 2.45) is 29.1 Å². The van der Waals surface area contributed by atoms with E-state index >= 15 is 0 Å². The highest BCUT2D eigenvalue weighted by atomic mass is 16.2. The topological polar surface area (TPSA) is 52.7 Å². The Bertz CT molecular complexity index is 643. The molecule has 3 unspecified atom stereocenters. The Morgan fingerprint density at radius 3 is 2.17 bits per heavy atom. The number of carbonyl (C=O) groups excluding carboxylic acids is 2. The fraction of sp³-hybridized carbons (Fsp3) is 0.920. The molecule has 2 heterocycles. The molecule has 3 saturated carbocycles. The number of rotatable bonds is 3. The van der Waals surface area contributed by atoms with Crippen molar-refractivity contribution < 1.29 is 9.59 Å². The molecule has 0 aromatic rings. The highest BCUT2D eigenvalue weighted by Crippen LogP contribution is 2.47. The van der Waals surface area contributed by atoms with E-state index in [4.69, 9.17) is 0 Å². The number of nitrogens with one attached hydrogen (secondary N) is 1. The van der Waals surface area contributed by atoms with Crippen LogP contribution in [0.5, 0.6) is 0 Å². The van der Waals surface area contributed by atoms with E-state index in [1.807, 2.05) is 4.90 Å². The van der Waals surface area contributed by atoms with Crippen LogP contribution in [0.2, 0.25) is 0 Å². The van der Waals surface area contributed by atoms with Gasteiger partial charge in [0.2, 0.25) is 11.8 Å². The lowest BCUT2D eigenvalue weighted by Crippen LogP contribution is -2.54. The number of hydrogen-bond donors (Lipinski definition) is 1. The summed E-state index contributed by atoms with van der Waals surface area (Å²) >= 11 is 0. The zero-order valence-corrected chi connectivity index (χ0v) is 18.9. The molecule has 0 aromatic carbocycles. The minimum absolute atomic E-state index is 0.0882. The van der Waals surface area contributed by atoms with Gasteiger partial charge in [-0.3, -0.25) is 9.59 Å². The van der Waals surface area contributed by atoms with Crippen LogP contribution in [0.25, 0.3) is 0 Å². The van der Waals surface area contributed by atoms with Crippen molar-refractivity contribution in [1.82, 2.24) is 15.1 Å². The van der Waals surface area contributed by atoms with Gasteiger partial charge in [0.15, 0.2) is 0 Å². The van der Waals surface area contributed by atoms with Crippen molar-refractivity contribution in [3.05, 3.63) is 0 Å². The summed E-state index contributed by atoms with van der Waals surface area (Å²) in [6.07, 6.45) is 13.7. The Labute approximate surface area is 182 Å². The van der Waals surface area contributed by atoms with Gasteiger partial charge in [0, 0.05) is 43.6 Å². The molecular weight excluding hydrogens is 374 g/mol. The molecule has 2 saturated heterocycles. The maximum atomic E-state index is 13.2. The van der Waals surface area contributed by atoms with E-state index in [-0.39, 0.29) is 11.3 Å². The lowest BCUT2D eigenvalue weighted by molar-refractivity contribution is -0.145. The average molecular weight is 416 g/mol. The van der Waals surface area contributed by atoms with Crippen molar-refractivity contribution in [2.75, 3.05) is 32.7 Å². The molecule has 0 aromatic heterocycles. The van der Waals surface area contributed by atoms with Gasteiger partial charge in [0.05, 0.1) is 0 Å². The first kappa shape index (κ1) is 20.8. The predicted molar refractivity (Wildman–Crippen MR) is 118 cm³/mol. The fourth-order valence-electron chi connectivity index (χ4n) is 7.07. The van der Waals surface area contributed by atoms with E-state index in [9.17, 15) is 9.59 Å². The zero-order chi connectivity index (χ0) is 20.7. The van der Waals surface area contributed by atoms with Crippen LogP contribution >= 0.6 is 0 Å². The summed E-state index contributed by atoms with van der Waals surface area (Å²) in [7, 11) is 0. The summed E-state index contributed by atoms with van der Waals surface area (Å²) in [5, 5.41) is 3.90. The average Bonchev–Trinajstić information content (AvgIpc) is 3.56. The van der Waals surface area contributed by atoms with Crippen molar-refractivity contribution in [3.63, 3.8) is 0 Å². The maximum absolute atomic E-state index is 13.2. The molecule has 0 spiro atoms. The third-order valence-corrected chi connectivity index (χ3v) is 9.35. The van der Waals surface area contributed by atoms with Crippen LogP contribution in [0.4, 0.5) is 0 Å². The van der Waals surface area contributed by atoms with Gasteiger partial charge in [0.25, 0.3) is 0 Å². The molecule has 0 bridgehead atoms. The molecule has 5 heteroatoms. The second-order valence-corrected chi connectivity index (χ2v) is 11.3. The molecule has 5 nitrogen and oxygen atoms in total. The first-order valence-electron chi connectivity index (χ1n) is 12.9. The summed E-state index contributed by atoms with van der Waals surface area (Å²) in [6, 6.07) is 0.707. The highest BCUT2D eigenvalue weighted by Gasteiger charge is 2.48. The van der Waals surface area contributed by atoms with Gasteiger partial charge in [-0.15, -0.1) is 0 Å². The Balaban J connectivity index is 1.10. The molecule has 0 radical (unpaired) electrons. The second kappa shape index (κ2) is 8.44. The molecule has 5 aliphatic rings. The van der Waals surface area contributed by atoms with E-state index in [1.54, 1.807) is 0 Å². The normalized spacial score (nSPS) is 38.6. The summed E-state index contributed by atoms with van der Waals surface area (Å²) in [5.74, 6) is 3.52. The van der Waals surface area contributed by atoms with Crippen LogP contribution in [0.15, 0.2) is 0 Å². The molecule has 3 aliphatic carbocycles. The van der Waals surface area contributed by atoms with Crippen LogP contribution < -0.4 is 5.32 Å². The SMILES string of the molecule is CC1(C(=O)N2CCN(C(=O)C3CCC(C4NCCC5CCCCC54)CC3)CC2)CC1. The number of piperazine rings is 1.